The maximum atomic E-state index is 13.5. The third kappa shape index (κ3) is 3.07. The Labute approximate surface area is 119 Å². The van der Waals surface area contributed by atoms with Crippen molar-refractivity contribution in [3.8, 4) is 0 Å². The van der Waals surface area contributed by atoms with E-state index >= 15 is 0 Å². The van der Waals surface area contributed by atoms with Gasteiger partial charge in [0.2, 0.25) is 0 Å². The SMILES string of the molecule is Fc1cccc(C2CCNCC2Cc2ccccc2)c1. The summed E-state index contributed by atoms with van der Waals surface area (Å²) < 4.78 is 13.5. The van der Waals surface area contributed by atoms with E-state index in [0.717, 1.165) is 31.5 Å². The van der Waals surface area contributed by atoms with Gasteiger partial charge in [-0.15, -0.1) is 0 Å². The number of hydrogen-bond donors (Lipinski definition) is 1. The highest BCUT2D eigenvalue weighted by Crippen LogP contribution is 2.32. The fourth-order valence-electron chi connectivity index (χ4n) is 3.23. The van der Waals surface area contributed by atoms with Crippen molar-refractivity contribution in [2.75, 3.05) is 13.1 Å². The molecule has 104 valence electrons. The van der Waals surface area contributed by atoms with Gasteiger partial charge in [0.05, 0.1) is 0 Å². The van der Waals surface area contributed by atoms with Gasteiger partial charge in [0.1, 0.15) is 5.82 Å². The van der Waals surface area contributed by atoms with E-state index in [2.05, 4.69) is 35.6 Å². The number of rotatable bonds is 3. The Bertz CT molecular complexity index is 552. The zero-order chi connectivity index (χ0) is 13.8. The summed E-state index contributed by atoms with van der Waals surface area (Å²) in [5.74, 6) is 0.861. The Morgan fingerprint density at radius 3 is 2.70 bits per heavy atom. The Hall–Kier alpha value is -1.67. The lowest BCUT2D eigenvalue weighted by atomic mass is 9.78. The molecule has 1 saturated heterocycles. The number of nitrogens with one attached hydrogen (secondary N) is 1. The molecule has 1 N–H and O–H groups in total. The predicted molar refractivity (Wildman–Crippen MR) is 80.3 cm³/mol. The van der Waals surface area contributed by atoms with E-state index in [1.54, 1.807) is 6.07 Å². The Morgan fingerprint density at radius 1 is 1.05 bits per heavy atom. The molecular formula is C18H20FN. The summed E-state index contributed by atoms with van der Waals surface area (Å²) in [5, 5.41) is 3.48. The molecule has 0 aliphatic carbocycles. The van der Waals surface area contributed by atoms with Gasteiger partial charge in [0.15, 0.2) is 0 Å². The van der Waals surface area contributed by atoms with E-state index in [1.165, 1.54) is 11.6 Å². The van der Waals surface area contributed by atoms with Crippen LogP contribution in [0, 0.1) is 11.7 Å². The van der Waals surface area contributed by atoms with Crippen LogP contribution in [0.25, 0.3) is 0 Å². The highest BCUT2D eigenvalue weighted by atomic mass is 19.1. The van der Waals surface area contributed by atoms with E-state index in [0.29, 0.717) is 11.8 Å². The first-order valence-electron chi connectivity index (χ1n) is 7.33. The van der Waals surface area contributed by atoms with Crippen molar-refractivity contribution in [3.05, 3.63) is 71.5 Å². The summed E-state index contributed by atoms with van der Waals surface area (Å²) >= 11 is 0. The van der Waals surface area contributed by atoms with Crippen LogP contribution < -0.4 is 5.32 Å². The van der Waals surface area contributed by atoms with Gasteiger partial charge in [-0.05, 0) is 61.0 Å². The molecule has 1 aliphatic heterocycles. The summed E-state index contributed by atoms with van der Waals surface area (Å²) in [6.07, 6.45) is 2.13. The van der Waals surface area contributed by atoms with Crippen molar-refractivity contribution in [1.82, 2.24) is 5.32 Å². The second-order valence-corrected chi connectivity index (χ2v) is 5.60. The Balaban J connectivity index is 1.80. The quantitative estimate of drug-likeness (QED) is 0.894. The van der Waals surface area contributed by atoms with Gasteiger partial charge in [-0.1, -0.05) is 42.5 Å². The van der Waals surface area contributed by atoms with Gasteiger partial charge >= 0.3 is 0 Å². The molecule has 0 aromatic heterocycles. The zero-order valence-corrected chi connectivity index (χ0v) is 11.6. The lowest BCUT2D eigenvalue weighted by molar-refractivity contribution is 0.323. The van der Waals surface area contributed by atoms with Crippen molar-refractivity contribution >= 4 is 0 Å². The minimum absolute atomic E-state index is 0.125. The molecule has 2 heteroatoms. The maximum absolute atomic E-state index is 13.5. The summed E-state index contributed by atoms with van der Waals surface area (Å²) in [5.41, 5.74) is 2.51. The third-order valence-corrected chi connectivity index (χ3v) is 4.23. The molecule has 2 aromatic carbocycles. The molecule has 20 heavy (non-hydrogen) atoms. The van der Waals surface area contributed by atoms with Crippen molar-refractivity contribution in [3.63, 3.8) is 0 Å². The summed E-state index contributed by atoms with van der Waals surface area (Å²) in [6.45, 7) is 2.03. The number of benzene rings is 2. The number of piperidine rings is 1. The van der Waals surface area contributed by atoms with E-state index < -0.39 is 0 Å². The van der Waals surface area contributed by atoms with Gasteiger partial charge in [0.25, 0.3) is 0 Å². The van der Waals surface area contributed by atoms with E-state index in [1.807, 2.05) is 12.1 Å². The molecule has 2 unspecified atom stereocenters. The van der Waals surface area contributed by atoms with E-state index in [-0.39, 0.29) is 5.82 Å². The Morgan fingerprint density at radius 2 is 1.90 bits per heavy atom. The lowest BCUT2D eigenvalue weighted by Gasteiger charge is -2.32. The summed E-state index contributed by atoms with van der Waals surface area (Å²) in [6, 6.07) is 17.7. The topological polar surface area (TPSA) is 12.0 Å². The van der Waals surface area contributed by atoms with Gasteiger partial charge in [0, 0.05) is 0 Å². The molecule has 0 spiro atoms. The smallest absolute Gasteiger partial charge is 0.123 e. The molecule has 0 saturated carbocycles. The molecule has 1 fully saturated rings. The highest BCUT2D eigenvalue weighted by Gasteiger charge is 2.26. The minimum atomic E-state index is -0.125. The molecule has 1 aliphatic rings. The first-order valence-corrected chi connectivity index (χ1v) is 7.33. The highest BCUT2D eigenvalue weighted by molar-refractivity contribution is 5.24. The Kier molecular flexibility index (Phi) is 4.12. The molecule has 2 aromatic rings. The van der Waals surface area contributed by atoms with Crippen molar-refractivity contribution in [2.24, 2.45) is 5.92 Å². The van der Waals surface area contributed by atoms with Crippen LogP contribution in [-0.2, 0) is 6.42 Å². The molecule has 1 nitrogen and oxygen atoms in total. The second kappa shape index (κ2) is 6.19. The van der Waals surface area contributed by atoms with Gasteiger partial charge in [-0.3, -0.25) is 0 Å². The third-order valence-electron chi connectivity index (χ3n) is 4.23. The second-order valence-electron chi connectivity index (χ2n) is 5.60. The molecule has 1 heterocycles. The fourth-order valence-corrected chi connectivity index (χ4v) is 3.23. The molecule has 0 amide bonds. The zero-order valence-electron chi connectivity index (χ0n) is 11.6. The minimum Gasteiger partial charge on any atom is -0.316 e. The molecule has 0 radical (unpaired) electrons. The van der Waals surface area contributed by atoms with Crippen LogP contribution >= 0.6 is 0 Å². The summed E-state index contributed by atoms with van der Waals surface area (Å²) in [4.78, 5) is 0. The van der Waals surface area contributed by atoms with Crippen LogP contribution in [-0.4, -0.2) is 13.1 Å². The molecule has 3 rings (SSSR count). The van der Waals surface area contributed by atoms with E-state index in [4.69, 9.17) is 0 Å². The van der Waals surface area contributed by atoms with Crippen LogP contribution in [0.3, 0.4) is 0 Å². The maximum Gasteiger partial charge on any atom is 0.123 e. The molecule has 2 atom stereocenters. The number of hydrogen-bond acceptors (Lipinski definition) is 1. The van der Waals surface area contributed by atoms with Crippen LogP contribution in [0.5, 0.6) is 0 Å². The molecular weight excluding hydrogens is 249 g/mol. The van der Waals surface area contributed by atoms with E-state index in [9.17, 15) is 4.39 Å². The van der Waals surface area contributed by atoms with Gasteiger partial charge in [-0.2, -0.15) is 0 Å². The largest absolute Gasteiger partial charge is 0.316 e. The first-order chi connectivity index (χ1) is 9.83. The average molecular weight is 269 g/mol. The average Bonchev–Trinajstić information content (AvgIpc) is 2.49. The van der Waals surface area contributed by atoms with Crippen LogP contribution in [0.1, 0.15) is 23.5 Å². The van der Waals surface area contributed by atoms with Crippen LogP contribution in [0.4, 0.5) is 4.39 Å². The standard InChI is InChI=1S/C18H20FN/c19-17-8-4-7-15(12-17)18-9-10-20-13-16(18)11-14-5-2-1-3-6-14/h1-8,12,16,18,20H,9-11,13H2. The number of halogens is 1. The fraction of sp³-hybridized carbons (Fsp3) is 0.333. The van der Waals surface area contributed by atoms with Gasteiger partial charge < -0.3 is 5.32 Å². The van der Waals surface area contributed by atoms with Crippen molar-refractivity contribution in [1.29, 1.82) is 0 Å². The van der Waals surface area contributed by atoms with Crippen LogP contribution in [0.15, 0.2) is 54.6 Å². The summed E-state index contributed by atoms with van der Waals surface area (Å²) in [7, 11) is 0. The normalized spacial score (nSPS) is 22.6. The molecule has 0 bridgehead atoms. The van der Waals surface area contributed by atoms with Gasteiger partial charge in [-0.25, -0.2) is 4.39 Å². The van der Waals surface area contributed by atoms with Crippen molar-refractivity contribution < 1.29 is 4.39 Å². The van der Waals surface area contributed by atoms with Crippen molar-refractivity contribution in [2.45, 2.75) is 18.8 Å². The predicted octanol–water partition coefficient (Wildman–Crippen LogP) is 3.76. The lowest BCUT2D eigenvalue weighted by Crippen LogP contribution is -2.36. The van der Waals surface area contributed by atoms with Crippen LogP contribution in [0.2, 0.25) is 0 Å². The first kappa shape index (κ1) is 13.3. The monoisotopic (exact) mass is 269 g/mol.